The average Bonchev–Trinajstić information content (AvgIpc) is 2.58. The van der Waals surface area contributed by atoms with Gasteiger partial charge in [-0.2, -0.15) is 0 Å². The van der Waals surface area contributed by atoms with Crippen molar-refractivity contribution in [1.82, 2.24) is 0 Å². The zero-order valence-electron chi connectivity index (χ0n) is 10.4. The monoisotopic (exact) mass is 228 g/mol. The van der Waals surface area contributed by atoms with Crippen LogP contribution in [0.5, 0.6) is 0 Å². The normalized spacial score (nSPS) is 26.8. The number of hydrogen-bond acceptors (Lipinski definition) is 3. The van der Waals surface area contributed by atoms with Crippen LogP contribution in [0.1, 0.15) is 52.4 Å². The number of carbonyl (C=O) groups is 1. The van der Waals surface area contributed by atoms with Gasteiger partial charge in [0.25, 0.3) is 0 Å². The van der Waals surface area contributed by atoms with Crippen LogP contribution in [0.25, 0.3) is 0 Å². The van der Waals surface area contributed by atoms with E-state index in [-0.39, 0.29) is 17.8 Å². The molecule has 0 aromatic heterocycles. The first-order valence-electron chi connectivity index (χ1n) is 6.51. The molecule has 1 heterocycles. The van der Waals surface area contributed by atoms with Crippen LogP contribution < -0.4 is 0 Å². The smallest absolute Gasteiger partial charge is 0.311 e. The van der Waals surface area contributed by atoms with Gasteiger partial charge in [-0.15, -0.1) is 0 Å². The van der Waals surface area contributed by atoms with Crippen LogP contribution in [0.4, 0.5) is 0 Å². The Morgan fingerprint density at radius 3 is 2.62 bits per heavy atom. The molecule has 0 saturated carbocycles. The van der Waals surface area contributed by atoms with Crippen molar-refractivity contribution in [3.05, 3.63) is 0 Å². The maximum absolute atomic E-state index is 11.4. The highest BCUT2D eigenvalue weighted by Crippen LogP contribution is 2.27. The second kappa shape index (κ2) is 6.89. The number of ether oxygens (including phenoxy) is 1. The zero-order valence-corrected chi connectivity index (χ0v) is 10.4. The molecule has 3 unspecified atom stereocenters. The summed E-state index contributed by atoms with van der Waals surface area (Å²) in [7, 11) is 0. The van der Waals surface area contributed by atoms with Crippen LogP contribution in [0.2, 0.25) is 0 Å². The Bertz CT molecular complexity index is 215. The van der Waals surface area contributed by atoms with Crippen LogP contribution in [-0.4, -0.2) is 23.8 Å². The largest absolute Gasteiger partial charge is 0.465 e. The first-order chi connectivity index (χ1) is 7.66. The molecule has 0 radical (unpaired) electrons. The van der Waals surface area contributed by atoms with Crippen molar-refractivity contribution in [2.45, 2.75) is 58.5 Å². The summed E-state index contributed by atoms with van der Waals surface area (Å²) in [6.07, 6.45) is 6.11. The lowest BCUT2D eigenvalue weighted by molar-refractivity contribution is -0.144. The van der Waals surface area contributed by atoms with Gasteiger partial charge in [0.15, 0.2) is 0 Å². The molecule has 1 aliphatic heterocycles. The van der Waals surface area contributed by atoms with Crippen molar-refractivity contribution < 1.29 is 14.6 Å². The molecular weight excluding hydrogens is 204 g/mol. The number of hydrogen-bond donors (Lipinski definition) is 1. The number of cyclic esters (lactones) is 1. The fraction of sp³-hybridized carbons (Fsp3) is 0.923. The number of aliphatic hydroxyl groups excluding tert-OH is 1. The van der Waals surface area contributed by atoms with Crippen LogP contribution in [-0.2, 0) is 9.53 Å². The number of aliphatic hydroxyl groups is 1. The molecule has 94 valence electrons. The summed E-state index contributed by atoms with van der Waals surface area (Å²) in [5.74, 6) is -0.335. The fourth-order valence-electron chi connectivity index (χ4n) is 2.32. The standard InChI is InChI=1S/C13H24O3/c1-3-4-5-6-7-8-11(14)12-10(2)9-16-13(12)15/h10-12,14H,3-9H2,1-2H3. The van der Waals surface area contributed by atoms with E-state index in [1.54, 1.807) is 0 Å². The van der Waals surface area contributed by atoms with Gasteiger partial charge >= 0.3 is 5.97 Å². The Morgan fingerprint density at radius 1 is 1.38 bits per heavy atom. The van der Waals surface area contributed by atoms with E-state index >= 15 is 0 Å². The topological polar surface area (TPSA) is 46.5 Å². The van der Waals surface area contributed by atoms with Crippen molar-refractivity contribution in [3.63, 3.8) is 0 Å². The molecule has 1 saturated heterocycles. The average molecular weight is 228 g/mol. The molecule has 3 heteroatoms. The van der Waals surface area contributed by atoms with E-state index in [2.05, 4.69) is 6.92 Å². The Labute approximate surface area is 98.2 Å². The second-order valence-corrected chi connectivity index (χ2v) is 4.90. The molecular formula is C13H24O3. The number of esters is 1. The summed E-state index contributed by atoms with van der Waals surface area (Å²) in [6.45, 7) is 4.62. The maximum Gasteiger partial charge on any atom is 0.311 e. The first kappa shape index (κ1) is 13.5. The zero-order chi connectivity index (χ0) is 12.0. The molecule has 0 spiro atoms. The van der Waals surface area contributed by atoms with E-state index in [1.807, 2.05) is 6.92 Å². The van der Waals surface area contributed by atoms with Gasteiger partial charge in [0.1, 0.15) is 0 Å². The molecule has 1 N–H and O–H groups in total. The summed E-state index contributed by atoms with van der Waals surface area (Å²) in [4.78, 5) is 11.4. The van der Waals surface area contributed by atoms with Gasteiger partial charge in [0, 0.05) is 5.92 Å². The maximum atomic E-state index is 11.4. The third-order valence-electron chi connectivity index (χ3n) is 3.39. The quantitative estimate of drug-likeness (QED) is 0.538. The Balaban J connectivity index is 2.18. The fourth-order valence-corrected chi connectivity index (χ4v) is 2.32. The summed E-state index contributed by atoms with van der Waals surface area (Å²) in [5, 5.41) is 9.95. The van der Waals surface area contributed by atoms with E-state index in [1.165, 1.54) is 19.3 Å². The van der Waals surface area contributed by atoms with Crippen molar-refractivity contribution in [1.29, 1.82) is 0 Å². The SMILES string of the molecule is CCCCCCCC(O)C1C(=O)OCC1C. The van der Waals surface area contributed by atoms with Gasteiger partial charge in [0.2, 0.25) is 0 Å². The Hall–Kier alpha value is -0.570. The molecule has 0 aromatic carbocycles. The molecule has 1 aliphatic rings. The van der Waals surface area contributed by atoms with Gasteiger partial charge < -0.3 is 9.84 Å². The van der Waals surface area contributed by atoms with Gasteiger partial charge in [-0.05, 0) is 6.42 Å². The Kier molecular flexibility index (Phi) is 5.81. The highest BCUT2D eigenvalue weighted by atomic mass is 16.5. The molecule has 16 heavy (non-hydrogen) atoms. The summed E-state index contributed by atoms with van der Waals surface area (Å²) in [6, 6.07) is 0. The molecule has 3 atom stereocenters. The van der Waals surface area contributed by atoms with Gasteiger partial charge in [-0.25, -0.2) is 0 Å². The lowest BCUT2D eigenvalue weighted by atomic mass is 9.89. The summed E-state index contributed by atoms with van der Waals surface area (Å²) >= 11 is 0. The first-order valence-corrected chi connectivity index (χ1v) is 6.51. The molecule has 0 amide bonds. The van der Waals surface area contributed by atoms with Crippen LogP contribution in [0.3, 0.4) is 0 Å². The highest BCUT2D eigenvalue weighted by Gasteiger charge is 2.38. The van der Waals surface area contributed by atoms with Crippen molar-refractivity contribution in [2.75, 3.05) is 6.61 Å². The molecule has 0 aliphatic carbocycles. The summed E-state index contributed by atoms with van der Waals surface area (Å²) in [5.41, 5.74) is 0. The predicted molar refractivity (Wildman–Crippen MR) is 63.0 cm³/mol. The van der Waals surface area contributed by atoms with E-state index in [0.717, 1.165) is 19.3 Å². The molecule has 1 fully saturated rings. The van der Waals surface area contributed by atoms with Crippen LogP contribution in [0.15, 0.2) is 0 Å². The van der Waals surface area contributed by atoms with Gasteiger partial charge in [-0.3, -0.25) is 4.79 Å². The number of rotatable bonds is 7. The lowest BCUT2D eigenvalue weighted by Crippen LogP contribution is -2.28. The van der Waals surface area contributed by atoms with E-state index in [4.69, 9.17) is 4.74 Å². The number of unbranched alkanes of at least 4 members (excludes halogenated alkanes) is 4. The Morgan fingerprint density at radius 2 is 2.06 bits per heavy atom. The van der Waals surface area contributed by atoms with Crippen LogP contribution in [0, 0.1) is 11.8 Å². The van der Waals surface area contributed by atoms with E-state index < -0.39 is 6.10 Å². The minimum absolute atomic E-state index is 0.165. The molecule has 1 rings (SSSR count). The minimum Gasteiger partial charge on any atom is -0.465 e. The van der Waals surface area contributed by atoms with Crippen molar-refractivity contribution >= 4 is 5.97 Å². The molecule has 0 bridgehead atoms. The van der Waals surface area contributed by atoms with E-state index in [0.29, 0.717) is 6.61 Å². The lowest BCUT2D eigenvalue weighted by Gasteiger charge is -2.17. The van der Waals surface area contributed by atoms with Gasteiger partial charge in [0.05, 0.1) is 18.6 Å². The molecule has 0 aromatic rings. The van der Waals surface area contributed by atoms with Crippen molar-refractivity contribution in [2.24, 2.45) is 11.8 Å². The predicted octanol–water partition coefficient (Wildman–Crippen LogP) is 2.52. The van der Waals surface area contributed by atoms with E-state index in [9.17, 15) is 9.90 Å². The van der Waals surface area contributed by atoms with Crippen molar-refractivity contribution in [3.8, 4) is 0 Å². The third-order valence-corrected chi connectivity index (χ3v) is 3.39. The van der Waals surface area contributed by atoms with Gasteiger partial charge in [-0.1, -0.05) is 46.0 Å². The third kappa shape index (κ3) is 3.78. The van der Waals surface area contributed by atoms with Crippen LogP contribution >= 0.6 is 0 Å². The molecule has 3 nitrogen and oxygen atoms in total. The number of carbonyl (C=O) groups excluding carboxylic acids is 1. The minimum atomic E-state index is -0.508. The highest BCUT2D eigenvalue weighted by molar-refractivity contribution is 5.75. The second-order valence-electron chi connectivity index (χ2n) is 4.90. The summed E-state index contributed by atoms with van der Waals surface area (Å²) < 4.78 is 4.94.